The summed E-state index contributed by atoms with van der Waals surface area (Å²) in [5.41, 5.74) is 0.785. The Labute approximate surface area is 124 Å². The molecule has 1 atom stereocenters. The topological polar surface area (TPSA) is 51.7 Å². The molecule has 1 unspecified atom stereocenters. The van der Waals surface area contributed by atoms with Gasteiger partial charge in [-0.2, -0.15) is 0 Å². The number of hydrogen-bond acceptors (Lipinski definition) is 4. The van der Waals surface area contributed by atoms with Crippen LogP contribution in [0.1, 0.15) is 25.0 Å². The third-order valence-electron chi connectivity index (χ3n) is 3.88. The molecular formula is C16H20N2O3. The van der Waals surface area contributed by atoms with Crippen molar-refractivity contribution >= 4 is 12.0 Å². The molecule has 21 heavy (non-hydrogen) atoms. The minimum Gasteiger partial charge on any atom is -0.348 e. The number of aromatic nitrogens is 1. The van der Waals surface area contributed by atoms with Gasteiger partial charge in [-0.25, -0.2) is 0 Å². The summed E-state index contributed by atoms with van der Waals surface area (Å²) in [5.74, 6) is 0.00412. The Morgan fingerprint density at radius 3 is 2.90 bits per heavy atom. The Bertz CT molecular complexity index is 498. The lowest BCUT2D eigenvalue weighted by Crippen LogP contribution is -2.49. The summed E-state index contributed by atoms with van der Waals surface area (Å²) in [5, 5.41) is 0. The number of hydrogen-bond donors (Lipinski definition) is 0. The van der Waals surface area contributed by atoms with E-state index in [1.165, 1.54) is 0 Å². The van der Waals surface area contributed by atoms with Gasteiger partial charge in [0.15, 0.2) is 6.29 Å². The van der Waals surface area contributed by atoms with Crippen molar-refractivity contribution in [2.45, 2.75) is 31.6 Å². The second-order valence-corrected chi connectivity index (χ2v) is 5.29. The van der Waals surface area contributed by atoms with Crippen LogP contribution in [0.2, 0.25) is 0 Å². The zero-order chi connectivity index (χ0) is 14.5. The fourth-order valence-electron chi connectivity index (χ4n) is 2.84. The van der Waals surface area contributed by atoms with Crippen LogP contribution in [-0.4, -0.2) is 47.9 Å². The van der Waals surface area contributed by atoms with Gasteiger partial charge in [0.2, 0.25) is 5.91 Å². The van der Waals surface area contributed by atoms with E-state index >= 15 is 0 Å². The predicted octanol–water partition coefficient (Wildman–Crippen LogP) is 1.85. The van der Waals surface area contributed by atoms with Gasteiger partial charge in [-0.15, -0.1) is 0 Å². The van der Waals surface area contributed by atoms with Crippen LogP contribution in [0, 0.1) is 0 Å². The van der Waals surface area contributed by atoms with Crippen molar-refractivity contribution in [1.82, 2.24) is 9.88 Å². The number of piperidine rings is 1. The smallest absolute Gasteiger partial charge is 0.247 e. The van der Waals surface area contributed by atoms with Gasteiger partial charge in [-0.1, -0.05) is 6.07 Å². The fraction of sp³-hybridized carbons (Fsp3) is 0.500. The molecule has 1 amide bonds. The van der Waals surface area contributed by atoms with Crippen molar-refractivity contribution in [2.75, 3.05) is 19.8 Å². The molecule has 2 aliphatic rings. The lowest BCUT2D eigenvalue weighted by Gasteiger charge is -2.37. The summed E-state index contributed by atoms with van der Waals surface area (Å²) in [7, 11) is 0. The summed E-state index contributed by atoms with van der Waals surface area (Å²) < 4.78 is 11.2. The number of nitrogens with zero attached hydrogens (tertiary/aromatic N) is 2. The predicted molar refractivity (Wildman–Crippen MR) is 78.3 cm³/mol. The summed E-state index contributed by atoms with van der Waals surface area (Å²) in [6, 6.07) is 5.66. The van der Waals surface area contributed by atoms with Crippen molar-refractivity contribution in [3.05, 3.63) is 36.2 Å². The molecule has 112 valence electrons. The molecule has 0 radical (unpaired) electrons. The van der Waals surface area contributed by atoms with E-state index < -0.39 is 0 Å². The molecule has 2 saturated heterocycles. The SMILES string of the molecule is O=C(/C=C/c1ccccn1)N1CCCCC1C1OCCO1. The lowest BCUT2D eigenvalue weighted by atomic mass is 10.0. The Kier molecular flexibility index (Phi) is 4.62. The van der Waals surface area contributed by atoms with Crippen LogP contribution in [-0.2, 0) is 14.3 Å². The number of pyridine rings is 1. The molecule has 0 bridgehead atoms. The molecule has 3 heterocycles. The maximum atomic E-state index is 12.4. The molecule has 0 spiro atoms. The third kappa shape index (κ3) is 3.49. The van der Waals surface area contributed by atoms with E-state index in [-0.39, 0.29) is 18.2 Å². The molecule has 3 rings (SSSR count). The minimum absolute atomic E-state index is 0.00412. The number of rotatable bonds is 3. The number of ether oxygens (including phenoxy) is 2. The van der Waals surface area contributed by atoms with Crippen LogP contribution in [0.25, 0.3) is 6.08 Å². The monoisotopic (exact) mass is 288 g/mol. The van der Waals surface area contributed by atoms with Crippen molar-refractivity contribution in [1.29, 1.82) is 0 Å². The van der Waals surface area contributed by atoms with Crippen LogP contribution in [0.4, 0.5) is 0 Å². The summed E-state index contributed by atoms with van der Waals surface area (Å²) >= 11 is 0. The van der Waals surface area contributed by atoms with E-state index in [1.54, 1.807) is 18.3 Å². The van der Waals surface area contributed by atoms with Crippen LogP contribution in [0.15, 0.2) is 30.5 Å². The minimum atomic E-state index is -0.266. The molecule has 0 saturated carbocycles. The van der Waals surface area contributed by atoms with Crippen LogP contribution < -0.4 is 0 Å². The highest BCUT2D eigenvalue weighted by atomic mass is 16.7. The normalized spacial score (nSPS) is 23.8. The van der Waals surface area contributed by atoms with Crippen molar-refractivity contribution in [3.63, 3.8) is 0 Å². The second kappa shape index (κ2) is 6.83. The van der Waals surface area contributed by atoms with Gasteiger partial charge < -0.3 is 14.4 Å². The molecule has 0 N–H and O–H groups in total. The first-order valence-electron chi connectivity index (χ1n) is 7.47. The van der Waals surface area contributed by atoms with E-state index in [2.05, 4.69) is 4.98 Å². The highest BCUT2D eigenvalue weighted by molar-refractivity contribution is 5.91. The van der Waals surface area contributed by atoms with E-state index in [4.69, 9.17) is 9.47 Å². The summed E-state index contributed by atoms with van der Waals surface area (Å²) in [4.78, 5) is 18.5. The number of amides is 1. The summed E-state index contributed by atoms with van der Waals surface area (Å²) in [6.07, 6.45) is 7.88. The average Bonchev–Trinajstić information content (AvgIpc) is 3.08. The average molecular weight is 288 g/mol. The first-order valence-corrected chi connectivity index (χ1v) is 7.47. The van der Waals surface area contributed by atoms with Gasteiger partial charge in [0.25, 0.3) is 0 Å². The first-order chi connectivity index (χ1) is 10.3. The van der Waals surface area contributed by atoms with E-state index in [1.807, 2.05) is 23.1 Å². The van der Waals surface area contributed by atoms with Crippen molar-refractivity contribution in [2.24, 2.45) is 0 Å². The number of likely N-dealkylation sites (tertiary alicyclic amines) is 1. The van der Waals surface area contributed by atoms with Gasteiger partial charge >= 0.3 is 0 Å². The maximum Gasteiger partial charge on any atom is 0.247 e. The van der Waals surface area contributed by atoms with Crippen molar-refractivity contribution < 1.29 is 14.3 Å². The molecule has 0 aliphatic carbocycles. The quantitative estimate of drug-likeness (QED) is 0.797. The third-order valence-corrected chi connectivity index (χ3v) is 3.88. The van der Waals surface area contributed by atoms with Gasteiger partial charge in [0, 0.05) is 18.8 Å². The van der Waals surface area contributed by atoms with Crippen molar-refractivity contribution in [3.8, 4) is 0 Å². The summed E-state index contributed by atoms with van der Waals surface area (Å²) in [6.45, 7) is 2.00. The Morgan fingerprint density at radius 1 is 1.29 bits per heavy atom. The van der Waals surface area contributed by atoms with Crippen LogP contribution in [0.3, 0.4) is 0 Å². The highest BCUT2D eigenvalue weighted by Crippen LogP contribution is 2.24. The van der Waals surface area contributed by atoms with Crippen LogP contribution in [0.5, 0.6) is 0 Å². The second-order valence-electron chi connectivity index (χ2n) is 5.29. The molecule has 2 fully saturated rings. The largest absolute Gasteiger partial charge is 0.348 e. The van der Waals surface area contributed by atoms with Gasteiger partial charge in [-0.05, 0) is 37.5 Å². The molecule has 5 heteroatoms. The standard InChI is InChI=1S/C16H20N2O3/c19-15(8-7-13-5-1-3-9-17-13)18-10-4-2-6-14(18)16-20-11-12-21-16/h1,3,5,7-9,14,16H,2,4,6,10-12H2/b8-7+. The molecule has 1 aromatic heterocycles. The molecular weight excluding hydrogens is 268 g/mol. The highest BCUT2D eigenvalue weighted by Gasteiger charge is 2.35. The first kappa shape index (κ1) is 14.2. The Balaban J connectivity index is 1.67. The molecule has 2 aliphatic heterocycles. The lowest BCUT2D eigenvalue weighted by molar-refractivity contribution is -0.145. The van der Waals surface area contributed by atoms with Gasteiger partial charge in [-0.3, -0.25) is 9.78 Å². The Hall–Kier alpha value is -1.72. The maximum absolute atomic E-state index is 12.4. The van der Waals surface area contributed by atoms with Gasteiger partial charge in [0.05, 0.1) is 24.9 Å². The van der Waals surface area contributed by atoms with E-state index in [9.17, 15) is 4.79 Å². The number of carbonyl (C=O) groups is 1. The Morgan fingerprint density at radius 2 is 2.14 bits per heavy atom. The van der Waals surface area contributed by atoms with E-state index in [0.29, 0.717) is 13.2 Å². The number of carbonyl (C=O) groups excluding carboxylic acids is 1. The molecule has 5 nitrogen and oxygen atoms in total. The fourth-order valence-corrected chi connectivity index (χ4v) is 2.84. The molecule has 0 aromatic carbocycles. The van der Waals surface area contributed by atoms with E-state index in [0.717, 1.165) is 31.5 Å². The van der Waals surface area contributed by atoms with Gasteiger partial charge in [0.1, 0.15) is 0 Å². The zero-order valence-corrected chi connectivity index (χ0v) is 12.0. The zero-order valence-electron chi connectivity index (χ0n) is 12.0. The van der Waals surface area contributed by atoms with Crippen LogP contribution >= 0.6 is 0 Å². The molecule has 1 aromatic rings.